The van der Waals surface area contributed by atoms with E-state index in [1.54, 1.807) is 17.5 Å². The Kier molecular flexibility index (Phi) is 3.06. The first-order chi connectivity index (χ1) is 8.92. The van der Waals surface area contributed by atoms with Crippen LogP contribution in [-0.4, -0.2) is 14.8 Å². The van der Waals surface area contributed by atoms with Crippen molar-refractivity contribution in [2.45, 2.75) is 6.54 Å². The number of nitrogens with one attached hydrogen (secondary N) is 1. The molecule has 4 nitrogen and oxygen atoms in total. The molecule has 0 amide bonds. The van der Waals surface area contributed by atoms with Gasteiger partial charge in [0.05, 0.1) is 23.4 Å². The zero-order chi connectivity index (χ0) is 12.2. The highest BCUT2D eigenvalue weighted by molar-refractivity contribution is 7.07. The Morgan fingerprint density at radius 1 is 1.22 bits per heavy atom. The Hall–Kier alpha value is -2.14. The molecule has 0 aliphatic heterocycles. The summed E-state index contributed by atoms with van der Waals surface area (Å²) in [5.41, 5.74) is 5.05. The lowest BCUT2D eigenvalue weighted by atomic mass is 10.3. The van der Waals surface area contributed by atoms with Gasteiger partial charge in [-0.05, 0) is 30.3 Å². The zero-order valence-corrected chi connectivity index (χ0v) is 10.5. The maximum absolute atomic E-state index is 4.23. The second-order valence-electron chi connectivity index (χ2n) is 3.83. The molecular formula is C13H12N4S. The van der Waals surface area contributed by atoms with Crippen LogP contribution in [0.1, 0.15) is 5.69 Å². The number of hydrogen-bond acceptors (Lipinski definition) is 4. The molecule has 0 aliphatic carbocycles. The quantitative estimate of drug-likeness (QED) is 0.780. The number of nitrogens with zero attached hydrogens (tertiary/aromatic N) is 3. The average molecular weight is 256 g/mol. The summed E-state index contributed by atoms with van der Waals surface area (Å²) in [6.07, 6.45) is 3.70. The number of rotatable bonds is 4. The highest BCUT2D eigenvalue weighted by Crippen LogP contribution is 2.13. The zero-order valence-electron chi connectivity index (χ0n) is 9.65. The highest BCUT2D eigenvalue weighted by atomic mass is 32.1. The number of hydrogen-bond donors (Lipinski definition) is 1. The number of anilines is 1. The number of thiazole rings is 1. The van der Waals surface area contributed by atoms with Crippen LogP contribution in [0, 0.1) is 0 Å². The SMILES string of the molecule is c1cnn(-c2ccc(NCc3cscn3)cc2)c1. The Labute approximate surface area is 109 Å². The van der Waals surface area contributed by atoms with Crippen LogP contribution < -0.4 is 5.32 Å². The maximum atomic E-state index is 4.23. The van der Waals surface area contributed by atoms with Crippen LogP contribution in [0.25, 0.3) is 5.69 Å². The summed E-state index contributed by atoms with van der Waals surface area (Å²) in [5, 5.41) is 9.57. The van der Waals surface area contributed by atoms with Gasteiger partial charge in [0.25, 0.3) is 0 Å². The minimum absolute atomic E-state index is 0.755. The Balaban J connectivity index is 1.68. The molecule has 18 heavy (non-hydrogen) atoms. The molecule has 3 aromatic rings. The number of benzene rings is 1. The van der Waals surface area contributed by atoms with Crippen molar-refractivity contribution in [3.8, 4) is 5.69 Å². The lowest BCUT2D eigenvalue weighted by Gasteiger charge is -2.06. The Morgan fingerprint density at radius 2 is 2.11 bits per heavy atom. The third-order valence-corrected chi connectivity index (χ3v) is 3.23. The van der Waals surface area contributed by atoms with Crippen LogP contribution in [0.5, 0.6) is 0 Å². The third-order valence-electron chi connectivity index (χ3n) is 2.59. The van der Waals surface area contributed by atoms with Crippen molar-refractivity contribution in [3.63, 3.8) is 0 Å². The first-order valence-electron chi connectivity index (χ1n) is 5.63. The summed E-state index contributed by atoms with van der Waals surface area (Å²) in [7, 11) is 0. The van der Waals surface area contributed by atoms with E-state index in [4.69, 9.17) is 0 Å². The standard InChI is InChI=1S/C13H12N4S/c1-6-16-17(7-1)13-4-2-11(3-5-13)14-8-12-9-18-10-15-12/h1-7,9-10,14H,8H2. The van der Waals surface area contributed by atoms with Gasteiger partial charge in [-0.3, -0.25) is 0 Å². The fourth-order valence-corrected chi connectivity index (χ4v) is 2.23. The molecule has 0 saturated carbocycles. The fourth-order valence-electron chi connectivity index (χ4n) is 1.67. The summed E-state index contributed by atoms with van der Waals surface area (Å²) in [6.45, 7) is 0.755. The van der Waals surface area contributed by atoms with E-state index in [1.165, 1.54) is 0 Å². The van der Waals surface area contributed by atoms with Gasteiger partial charge in [-0.25, -0.2) is 9.67 Å². The van der Waals surface area contributed by atoms with Crippen molar-refractivity contribution in [2.75, 3.05) is 5.32 Å². The Morgan fingerprint density at radius 3 is 2.78 bits per heavy atom. The van der Waals surface area contributed by atoms with Crippen molar-refractivity contribution >= 4 is 17.0 Å². The fraction of sp³-hybridized carbons (Fsp3) is 0.0769. The molecule has 0 fully saturated rings. The van der Waals surface area contributed by atoms with E-state index < -0.39 is 0 Å². The summed E-state index contributed by atoms with van der Waals surface area (Å²) < 4.78 is 1.84. The topological polar surface area (TPSA) is 42.7 Å². The molecule has 0 unspecified atom stereocenters. The molecule has 90 valence electrons. The van der Waals surface area contributed by atoms with E-state index in [9.17, 15) is 0 Å². The average Bonchev–Trinajstić information content (AvgIpc) is 3.10. The predicted octanol–water partition coefficient (Wildman–Crippen LogP) is 2.94. The van der Waals surface area contributed by atoms with Crippen LogP contribution >= 0.6 is 11.3 Å². The number of aromatic nitrogens is 3. The van der Waals surface area contributed by atoms with E-state index in [2.05, 4.69) is 15.4 Å². The van der Waals surface area contributed by atoms with Crippen LogP contribution in [0.4, 0.5) is 5.69 Å². The lowest BCUT2D eigenvalue weighted by molar-refractivity contribution is 0.880. The Bertz CT molecular complexity index is 584. The van der Waals surface area contributed by atoms with Crippen molar-refractivity contribution in [3.05, 3.63) is 59.3 Å². The molecule has 2 aromatic heterocycles. The van der Waals surface area contributed by atoms with E-state index in [1.807, 2.05) is 52.1 Å². The largest absolute Gasteiger partial charge is 0.379 e. The van der Waals surface area contributed by atoms with Crippen molar-refractivity contribution < 1.29 is 0 Å². The van der Waals surface area contributed by atoms with E-state index in [-0.39, 0.29) is 0 Å². The maximum Gasteiger partial charge on any atom is 0.0795 e. The molecule has 0 aliphatic rings. The third kappa shape index (κ3) is 2.41. The van der Waals surface area contributed by atoms with Gasteiger partial charge in [0.15, 0.2) is 0 Å². The molecule has 5 heteroatoms. The molecule has 2 heterocycles. The van der Waals surface area contributed by atoms with Gasteiger partial charge in [0.1, 0.15) is 0 Å². The van der Waals surface area contributed by atoms with Crippen molar-refractivity contribution in [1.29, 1.82) is 0 Å². The lowest BCUT2D eigenvalue weighted by Crippen LogP contribution is -2.00. The summed E-state index contributed by atoms with van der Waals surface area (Å²) in [5.74, 6) is 0. The molecule has 0 radical (unpaired) electrons. The van der Waals surface area contributed by atoms with Gasteiger partial charge in [-0.2, -0.15) is 5.10 Å². The van der Waals surface area contributed by atoms with Gasteiger partial charge in [-0.1, -0.05) is 0 Å². The smallest absolute Gasteiger partial charge is 0.0795 e. The molecule has 0 atom stereocenters. The van der Waals surface area contributed by atoms with Crippen LogP contribution in [0.15, 0.2) is 53.6 Å². The van der Waals surface area contributed by atoms with Gasteiger partial charge in [0, 0.05) is 23.5 Å². The molecule has 3 rings (SSSR count). The second kappa shape index (κ2) is 5.01. The van der Waals surface area contributed by atoms with E-state index in [0.717, 1.165) is 23.6 Å². The molecular weight excluding hydrogens is 244 g/mol. The second-order valence-corrected chi connectivity index (χ2v) is 4.55. The van der Waals surface area contributed by atoms with Crippen molar-refractivity contribution in [2.24, 2.45) is 0 Å². The summed E-state index contributed by atoms with van der Waals surface area (Å²) in [4.78, 5) is 4.23. The van der Waals surface area contributed by atoms with Crippen LogP contribution in [0.3, 0.4) is 0 Å². The monoisotopic (exact) mass is 256 g/mol. The molecule has 1 N–H and O–H groups in total. The molecule has 0 spiro atoms. The van der Waals surface area contributed by atoms with Gasteiger partial charge < -0.3 is 5.32 Å². The molecule has 0 saturated heterocycles. The van der Waals surface area contributed by atoms with Gasteiger partial charge >= 0.3 is 0 Å². The van der Waals surface area contributed by atoms with E-state index >= 15 is 0 Å². The first kappa shape index (κ1) is 11.0. The normalized spacial score (nSPS) is 10.4. The van der Waals surface area contributed by atoms with Gasteiger partial charge in [0.2, 0.25) is 0 Å². The highest BCUT2D eigenvalue weighted by Gasteiger charge is 1.98. The van der Waals surface area contributed by atoms with Gasteiger partial charge in [-0.15, -0.1) is 11.3 Å². The summed E-state index contributed by atoms with van der Waals surface area (Å²) in [6, 6.07) is 10.1. The van der Waals surface area contributed by atoms with E-state index in [0.29, 0.717) is 0 Å². The molecule has 1 aromatic carbocycles. The van der Waals surface area contributed by atoms with Crippen LogP contribution in [-0.2, 0) is 6.54 Å². The first-order valence-corrected chi connectivity index (χ1v) is 6.57. The van der Waals surface area contributed by atoms with Crippen molar-refractivity contribution in [1.82, 2.24) is 14.8 Å². The predicted molar refractivity (Wildman–Crippen MR) is 73.0 cm³/mol. The summed E-state index contributed by atoms with van der Waals surface area (Å²) >= 11 is 1.61. The minimum Gasteiger partial charge on any atom is -0.379 e. The molecule has 0 bridgehead atoms. The van der Waals surface area contributed by atoms with Crippen LogP contribution in [0.2, 0.25) is 0 Å². The minimum atomic E-state index is 0.755.